The van der Waals surface area contributed by atoms with Crippen molar-refractivity contribution >= 4 is 12.3 Å². The van der Waals surface area contributed by atoms with E-state index in [0.29, 0.717) is 6.61 Å². The zero-order valence-corrected chi connectivity index (χ0v) is 6.74. The fourth-order valence-corrected chi connectivity index (χ4v) is 1.31. The topological polar surface area (TPSA) is 43.4 Å². The van der Waals surface area contributed by atoms with Crippen LogP contribution in [-0.2, 0) is 14.3 Å². The lowest BCUT2D eigenvalue weighted by Crippen LogP contribution is -2.08. The lowest BCUT2D eigenvalue weighted by atomic mass is 10.3. The molecule has 3 atom stereocenters. The SMILES string of the molecule is CCOC(=O)C1C(C)C1C=O. The van der Waals surface area contributed by atoms with E-state index in [-0.39, 0.29) is 23.7 Å². The molecule has 11 heavy (non-hydrogen) atoms. The summed E-state index contributed by atoms with van der Waals surface area (Å²) in [7, 11) is 0. The maximum atomic E-state index is 11.0. The lowest BCUT2D eigenvalue weighted by molar-refractivity contribution is -0.145. The van der Waals surface area contributed by atoms with Crippen molar-refractivity contribution in [3.05, 3.63) is 0 Å². The molecule has 0 bridgehead atoms. The minimum Gasteiger partial charge on any atom is -0.466 e. The Bertz CT molecular complexity index is 176. The highest BCUT2D eigenvalue weighted by Gasteiger charge is 2.52. The molecule has 0 spiro atoms. The van der Waals surface area contributed by atoms with Crippen molar-refractivity contribution in [1.82, 2.24) is 0 Å². The minimum atomic E-state index is -0.225. The first-order chi connectivity index (χ1) is 5.22. The molecular weight excluding hydrogens is 144 g/mol. The molecule has 0 aromatic carbocycles. The molecule has 3 unspecified atom stereocenters. The molecule has 1 fully saturated rings. The molecule has 3 heteroatoms. The fraction of sp³-hybridized carbons (Fsp3) is 0.750. The number of aldehydes is 1. The summed E-state index contributed by atoms with van der Waals surface area (Å²) in [5, 5.41) is 0. The van der Waals surface area contributed by atoms with Gasteiger partial charge < -0.3 is 9.53 Å². The maximum absolute atomic E-state index is 11.0. The van der Waals surface area contributed by atoms with Crippen LogP contribution < -0.4 is 0 Å². The zero-order chi connectivity index (χ0) is 8.43. The number of hydrogen-bond donors (Lipinski definition) is 0. The number of esters is 1. The van der Waals surface area contributed by atoms with Crippen LogP contribution in [0.4, 0.5) is 0 Å². The predicted molar refractivity (Wildman–Crippen MR) is 38.8 cm³/mol. The van der Waals surface area contributed by atoms with E-state index in [2.05, 4.69) is 0 Å². The van der Waals surface area contributed by atoms with Gasteiger partial charge in [0.15, 0.2) is 0 Å². The second-order valence-electron chi connectivity index (χ2n) is 2.85. The van der Waals surface area contributed by atoms with E-state index in [9.17, 15) is 9.59 Å². The van der Waals surface area contributed by atoms with Crippen molar-refractivity contribution in [2.24, 2.45) is 17.8 Å². The van der Waals surface area contributed by atoms with Gasteiger partial charge in [-0.3, -0.25) is 4.79 Å². The molecule has 1 aliphatic rings. The lowest BCUT2D eigenvalue weighted by Gasteiger charge is -1.97. The van der Waals surface area contributed by atoms with Crippen LogP contribution in [0, 0.1) is 17.8 Å². The van der Waals surface area contributed by atoms with Crippen LogP contribution >= 0.6 is 0 Å². The van der Waals surface area contributed by atoms with Crippen molar-refractivity contribution < 1.29 is 14.3 Å². The Kier molecular flexibility index (Phi) is 2.27. The van der Waals surface area contributed by atoms with Gasteiger partial charge in [-0.25, -0.2) is 0 Å². The van der Waals surface area contributed by atoms with Crippen LogP contribution in [0.3, 0.4) is 0 Å². The molecule has 1 rings (SSSR count). The van der Waals surface area contributed by atoms with E-state index in [1.807, 2.05) is 6.92 Å². The van der Waals surface area contributed by atoms with Crippen molar-refractivity contribution in [1.29, 1.82) is 0 Å². The molecule has 0 aromatic rings. The summed E-state index contributed by atoms with van der Waals surface area (Å²) in [6.45, 7) is 4.05. The van der Waals surface area contributed by atoms with Crippen molar-refractivity contribution in [2.75, 3.05) is 6.61 Å². The molecule has 0 aromatic heterocycles. The molecule has 0 radical (unpaired) electrons. The summed E-state index contributed by atoms with van der Waals surface area (Å²) in [5.74, 6) is -0.287. The van der Waals surface area contributed by atoms with Crippen LogP contribution in [0.15, 0.2) is 0 Å². The van der Waals surface area contributed by atoms with Gasteiger partial charge in [0.2, 0.25) is 0 Å². The third-order valence-corrected chi connectivity index (χ3v) is 2.16. The first kappa shape index (κ1) is 8.24. The molecule has 1 aliphatic carbocycles. The Morgan fingerprint density at radius 3 is 2.64 bits per heavy atom. The van der Waals surface area contributed by atoms with Gasteiger partial charge in [-0.15, -0.1) is 0 Å². The molecule has 0 heterocycles. The number of rotatable bonds is 3. The third kappa shape index (κ3) is 1.42. The van der Waals surface area contributed by atoms with Gasteiger partial charge >= 0.3 is 5.97 Å². The van der Waals surface area contributed by atoms with E-state index in [0.717, 1.165) is 6.29 Å². The Hall–Kier alpha value is -0.860. The van der Waals surface area contributed by atoms with E-state index in [1.165, 1.54) is 0 Å². The molecule has 0 saturated heterocycles. The highest BCUT2D eigenvalue weighted by atomic mass is 16.5. The monoisotopic (exact) mass is 156 g/mol. The van der Waals surface area contributed by atoms with E-state index in [1.54, 1.807) is 6.92 Å². The molecular formula is C8H12O3. The number of carbonyl (C=O) groups excluding carboxylic acids is 2. The largest absolute Gasteiger partial charge is 0.466 e. The van der Waals surface area contributed by atoms with Gasteiger partial charge in [-0.2, -0.15) is 0 Å². The van der Waals surface area contributed by atoms with Crippen LogP contribution in [0.5, 0.6) is 0 Å². The van der Waals surface area contributed by atoms with E-state index >= 15 is 0 Å². The normalized spacial score (nSPS) is 34.5. The van der Waals surface area contributed by atoms with E-state index < -0.39 is 0 Å². The first-order valence-electron chi connectivity index (χ1n) is 3.84. The Morgan fingerprint density at radius 2 is 2.27 bits per heavy atom. The average molecular weight is 156 g/mol. The van der Waals surface area contributed by atoms with Crippen molar-refractivity contribution in [3.8, 4) is 0 Å². The first-order valence-corrected chi connectivity index (χ1v) is 3.84. The summed E-state index contributed by atoms with van der Waals surface area (Å²) < 4.78 is 4.77. The van der Waals surface area contributed by atoms with Gasteiger partial charge in [-0.1, -0.05) is 6.92 Å². The number of carbonyl (C=O) groups is 2. The van der Waals surface area contributed by atoms with Crippen molar-refractivity contribution in [2.45, 2.75) is 13.8 Å². The average Bonchev–Trinajstić information content (AvgIpc) is 2.61. The van der Waals surface area contributed by atoms with Crippen LogP contribution in [0.2, 0.25) is 0 Å². The van der Waals surface area contributed by atoms with Gasteiger partial charge in [0, 0.05) is 5.92 Å². The van der Waals surface area contributed by atoms with Crippen molar-refractivity contribution in [3.63, 3.8) is 0 Å². The quantitative estimate of drug-likeness (QED) is 0.444. The Balaban J connectivity index is 2.39. The highest BCUT2D eigenvalue weighted by molar-refractivity contribution is 5.82. The van der Waals surface area contributed by atoms with Crippen LogP contribution in [0.1, 0.15) is 13.8 Å². The Labute approximate surface area is 65.7 Å². The van der Waals surface area contributed by atoms with Crippen LogP contribution in [0.25, 0.3) is 0 Å². The third-order valence-electron chi connectivity index (χ3n) is 2.16. The smallest absolute Gasteiger partial charge is 0.309 e. The van der Waals surface area contributed by atoms with Crippen LogP contribution in [-0.4, -0.2) is 18.9 Å². The summed E-state index contributed by atoms with van der Waals surface area (Å²) in [6.07, 6.45) is 0.840. The summed E-state index contributed by atoms with van der Waals surface area (Å²) in [6, 6.07) is 0. The standard InChI is InChI=1S/C8H12O3/c1-3-11-8(10)7-5(2)6(7)4-9/h4-7H,3H2,1-2H3. The molecule has 0 amide bonds. The Morgan fingerprint density at radius 1 is 1.64 bits per heavy atom. The fourth-order valence-electron chi connectivity index (χ4n) is 1.31. The molecule has 0 N–H and O–H groups in total. The minimum absolute atomic E-state index is 0.0888. The summed E-state index contributed by atoms with van der Waals surface area (Å²) in [4.78, 5) is 21.3. The van der Waals surface area contributed by atoms with E-state index in [4.69, 9.17) is 4.74 Å². The molecule has 0 aliphatic heterocycles. The number of ether oxygens (including phenoxy) is 1. The second-order valence-corrected chi connectivity index (χ2v) is 2.85. The summed E-state index contributed by atoms with van der Waals surface area (Å²) >= 11 is 0. The predicted octanol–water partition coefficient (Wildman–Crippen LogP) is 0.631. The van der Waals surface area contributed by atoms with Gasteiger partial charge in [0.1, 0.15) is 6.29 Å². The zero-order valence-electron chi connectivity index (χ0n) is 6.74. The molecule has 62 valence electrons. The second kappa shape index (κ2) is 3.03. The van der Waals surface area contributed by atoms with Gasteiger partial charge in [0.05, 0.1) is 12.5 Å². The molecule has 1 saturated carbocycles. The van der Waals surface area contributed by atoms with Gasteiger partial charge in [0.25, 0.3) is 0 Å². The maximum Gasteiger partial charge on any atom is 0.309 e. The number of hydrogen-bond acceptors (Lipinski definition) is 3. The highest BCUT2D eigenvalue weighted by Crippen LogP contribution is 2.44. The molecule has 3 nitrogen and oxygen atoms in total. The summed E-state index contributed by atoms with van der Waals surface area (Å²) in [5.41, 5.74) is 0. The van der Waals surface area contributed by atoms with Gasteiger partial charge in [-0.05, 0) is 12.8 Å².